The number of hydrogen-bond acceptors (Lipinski definition) is 2. The number of nitro groups is 1. The highest BCUT2D eigenvalue weighted by Gasteiger charge is 2.20. The van der Waals surface area contributed by atoms with Gasteiger partial charge in [0, 0.05) is 23.0 Å². The molecule has 0 bridgehead atoms. The van der Waals surface area contributed by atoms with Crippen LogP contribution in [-0.4, -0.2) is 9.91 Å². The molecule has 1 heterocycles. The third kappa shape index (κ3) is 2.02. The molecule has 0 atom stereocenters. The van der Waals surface area contributed by atoms with E-state index in [9.17, 15) is 10.1 Å². The van der Waals surface area contributed by atoms with Gasteiger partial charge in [-0.3, -0.25) is 10.1 Å². The first-order valence-electron chi connectivity index (χ1n) is 8.39. The lowest BCUT2D eigenvalue weighted by atomic mass is 9.92. The summed E-state index contributed by atoms with van der Waals surface area (Å²) < 4.78 is 0. The van der Waals surface area contributed by atoms with Gasteiger partial charge in [0.25, 0.3) is 5.69 Å². The number of rotatable bonds is 2. The van der Waals surface area contributed by atoms with Crippen LogP contribution in [0.5, 0.6) is 0 Å². The molecule has 5 rings (SSSR count). The third-order valence-corrected chi connectivity index (χ3v) is 4.96. The van der Waals surface area contributed by atoms with Crippen molar-refractivity contribution in [3.63, 3.8) is 0 Å². The summed E-state index contributed by atoms with van der Waals surface area (Å²) in [5, 5.41) is 16.8. The molecule has 0 aliphatic carbocycles. The van der Waals surface area contributed by atoms with Gasteiger partial charge in [0.2, 0.25) is 0 Å². The molecule has 4 aromatic carbocycles. The van der Waals surface area contributed by atoms with Crippen LogP contribution in [0.15, 0.2) is 79.0 Å². The number of nitro benzene ring substituents is 1. The normalized spacial score (nSPS) is 11.4. The Hall–Kier alpha value is -3.66. The average molecular weight is 338 g/mol. The molecule has 0 aliphatic heterocycles. The molecule has 0 saturated heterocycles. The average Bonchev–Trinajstić information content (AvgIpc) is 3.16. The number of nitrogens with one attached hydrogen (secondary N) is 1. The zero-order valence-corrected chi connectivity index (χ0v) is 13.8. The van der Waals surface area contributed by atoms with Crippen LogP contribution in [-0.2, 0) is 0 Å². The number of H-pyrrole nitrogens is 1. The van der Waals surface area contributed by atoms with Crippen molar-refractivity contribution in [2.45, 2.75) is 0 Å². The molecule has 0 spiro atoms. The lowest BCUT2D eigenvalue weighted by molar-refractivity contribution is -0.384. The maximum absolute atomic E-state index is 11.7. The van der Waals surface area contributed by atoms with Gasteiger partial charge in [-0.1, -0.05) is 54.6 Å². The molecule has 4 heteroatoms. The van der Waals surface area contributed by atoms with Gasteiger partial charge < -0.3 is 4.98 Å². The van der Waals surface area contributed by atoms with Crippen molar-refractivity contribution >= 4 is 38.1 Å². The second-order valence-electron chi connectivity index (χ2n) is 6.35. The van der Waals surface area contributed by atoms with E-state index in [-0.39, 0.29) is 10.6 Å². The van der Waals surface area contributed by atoms with Crippen LogP contribution < -0.4 is 0 Å². The lowest BCUT2D eigenvalue weighted by Crippen LogP contribution is -1.94. The minimum Gasteiger partial charge on any atom is -0.361 e. The van der Waals surface area contributed by atoms with Gasteiger partial charge in [0.15, 0.2) is 0 Å². The Bertz CT molecular complexity index is 1320. The quantitative estimate of drug-likeness (QED) is 0.315. The maximum Gasteiger partial charge on any atom is 0.277 e. The van der Waals surface area contributed by atoms with Gasteiger partial charge in [-0.2, -0.15) is 0 Å². The first-order chi connectivity index (χ1) is 12.7. The predicted molar refractivity (Wildman–Crippen MR) is 105 cm³/mol. The van der Waals surface area contributed by atoms with Gasteiger partial charge >= 0.3 is 0 Å². The Kier molecular flexibility index (Phi) is 3.06. The Morgan fingerprint density at radius 3 is 2.42 bits per heavy atom. The number of fused-ring (bicyclic) bond motifs is 4. The number of nitrogens with zero attached hydrogens (tertiary/aromatic N) is 1. The first-order valence-corrected chi connectivity index (χ1v) is 8.39. The van der Waals surface area contributed by atoms with Gasteiger partial charge in [-0.15, -0.1) is 0 Å². The molecule has 0 radical (unpaired) electrons. The highest BCUT2D eigenvalue weighted by molar-refractivity contribution is 6.14. The molecule has 1 N–H and O–H groups in total. The van der Waals surface area contributed by atoms with E-state index >= 15 is 0 Å². The molecule has 1 aromatic heterocycles. The topological polar surface area (TPSA) is 58.9 Å². The lowest BCUT2D eigenvalue weighted by Gasteiger charge is -2.11. The first kappa shape index (κ1) is 14.7. The van der Waals surface area contributed by atoms with E-state index in [2.05, 4.69) is 17.1 Å². The van der Waals surface area contributed by atoms with Gasteiger partial charge in [-0.05, 0) is 33.9 Å². The Balaban J connectivity index is 1.97. The van der Waals surface area contributed by atoms with Crippen molar-refractivity contribution < 1.29 is 4.92 Å². The van der Waals surface area contributed by atoms with Crippen LogP contribution in [0, 0.1) is 10.1 Å². The largest absolute Gasteiger partial charge is 0.361 e. The highest BCUT2D eigenvalue weighted by Crippen LogP contribution is 2.41. The van der Waals surface area contributed by atoms with E-state index in [1.165, 1.54) is 0 Å². The summed E-state index contributed by atoms with van der Waals surface area (Å²) in [7, 11) is 0. The Morgan fingerprint density at radius 1 is 0.731 bits per heavy atom. The number of benzene rings is 4. The molecule has 5 aromatic rings. The summed E-state index contributed by atoms with van der Waals surface area (Å²) in [6.45, 7) is 0. The van der Waals surface area contributed by atoms with E-state index in [1.807, 2.05) is 60.8 Å². The minimum atomic E-state index is -0.298. The Labute approximate surface area is 148 Å². The van der Waals surface area contributed by atoms with E-state index in [0.717, 1.165) is 38.0 Å². The van der Waals surface area contributed by atoms with Crippen LogP contribution in [0.3, 0.4) is 0 Å². The molecular formula is C22H14N2O2. The van der Waals surface area contributed by atoms with Gasteiger partial charge in [0.1, 0.15) is 0 Å². The third-order valence-electron chi connectivity index (χ3n) is 4.96. The fourth-order valence-electron chi connectivity index (χ4n) is 3.80. The second kappa shape index (κ2) is 5.43. The summed E-state index contributed by atoms with van der Waals surface area (Å²) in [6.07, 6.45) is 1.91. The zero-order chi connectivity index (χ0) is 17.7. The fraction of sp³-hybridized carbons (Fsp3) is 0. The van der Waals surface area contributed by atoms with Crippen molar-refractivity contribution in [1.82, 2.24) is 4.98 Å². The molecular weight excluding hydrogens is 324 g/mol. The summed E-state index contributed by atoms with van der Waals surface area (Å²) in [6, 6.07) is 23.3. The van der Waals surface area contributed by atoms with E-state index in [1.54, 1.807) is 6.07 Å². The fourth-order valence-corrected chi connectivity index (χ4v) is 3.80. The molecule has 26 heavy (non-hydrogen) atoms. The maximum atomic E-state index is 11.7. The van der Waals surface area contributed by atoms with Crippen molar-refractivity contribution in [2.24, 2.45) is 0 Å². The molecule has 4 nitrogen and oxygen atoms in total. The SMILES string of the molecule is O=[N+]([O-])c1ccc2ccccc2c1-c1cccc2c1ccc1cc[nH]c12. The molecule has 0 aliphatic rings. The zero-order valence-electron chi connectivity index (χ0n) is 13.8. The molecule has 0 unspecified atom stereocenters. The van der Waals surface area contributed by atoms with Crippen molar-refractivity contribution in [3.05, 3.63) is 89.1 Å². The Morgan fingerprint density at radius 2 is 1.54 bits per heavy atom. The number of hydrogen-bond donors (Lipinski definition) is 1. The van der Waals surface area contributed by atoms with E-state index < -0.39 is 0 Å². The van der Waals surface area contributed by atoms with Gasteiger partial charge in [0.05, 0.1) is 16.0 Å². The molecule has 0 amide bonds. The van der Waals surface area contributed by atoms with Gasteiger partial charge in [-0.25, -0.2) is 0 Å². The van der Waals surface area contributed by atoms with Crippen LogP contribution in [0.1, 0.15) is 0 Å². The van der Waals surface area contributed by atoms with Crippen molar-refractivity contribution in [3.8, 4) is 11.1 Å². The van der Waals surface area contributed by atoms with Crippen LogP contribution in [0.4, 0.5) is 5.69 Å². The van der Waals surface area contributed by atoms with E-state index in [0.29, 0.717) is 5.56 Å². The molecule has 124 valence electrons. The summed E-state index contributed by atoms with van der Waals surface area (Å²) in [5.41, 5.74) is 2.72. The molecule has 0 fully saturated rings. The molecule has 0 saturated carbocycles. The van der Waals surface area contributed by atoms with Crippen molar-refractivity contribution in [2.75, 3.05) is 0 Å². The standard InChI is InChI=1S/C22H14N2O2/c25-24(26)20-11-9-14-4-1-2-5-16(14)21(20)18-6-3-7-19-17(18)10-8-15-12-13-23-22(15)19/h1-13,23H. The predicted octanol–water partition coefficient (Wildman–Crippen LogP) is 6.05. The summed E-state index contributed by atoms with van der Waals surface area (Å²) in [5.74, 6) is 0. The van der Waals surface area contributed by atoms with Crippen molar-refractivity contribution in [1.29, 1.82) is 0 Å². The van der Waals surface area contributed by atoms with Crippen LogP contribution in [0.25, 0.3) is 43.6 Å². The summed E-state index contributed by atoms with van der Waals surface area (Å²) in [4.78, 5) is 14.7. The van der Waals surface area contributed by atoms with Crippen LogP contribution >= 0.6 is 0 Å². The number of aromatic nitrogens is 1. The van der Waals surface area contributed by atoms with E-state index in [4.69, 9.17) is 0 Å². The van der Waals surface area contributed by atoms with Crippen LogP contribution in [0.2, 0.25) is 0 Å². The highest BCUT2D eigenvalue weighted by atomic mass is 16.6. The smallest absolute Gasteiger partial charge is 0.277 e. The monoisotopic (exact) mass is 338 g/mol. The minimum absolute atomic E-state index is 0.128. The number of aromatic amines is 1. The second-order valence-corrected chi connectivity index (χ2v) is 6.35. The summed E-state index contributed by atoms with van der Waals surface area (Å²) >= 11 is 0.